The van der Waals surface area contributed by atoms with E-state index in [0.29, 0.717) is 0 Å². The predicted octanol–water partition coefficient (Wildman–Crippen LogP) is 3.69. The third kappa shape index (κ3) is 4.00. The van der Waals surface area contributed by atoms with Crippen LogP contribution >= 0.6 is 0 Å². The van der Waals surface area contributed by atoms with E-state index in [1.54, 1.807) is 0 Å². The molecule has 2 atom stereocenters. The average molecular weight is 197 g/mol. The fraction of sp³-hybridized carbons (Fsp3) is 1.00. The molecule has 1 fully saturated rings. The molecule has 0 aliphatic carbocycles. The normalized spacial score (nSPS) is 22.5. The van der Waals surface area contributed by atoms with E-state index in [1.165, 1.54) is 51.6 Å². The van der Waals surface area contributed by atoms with Crippen LogP contribution in [0.15, 0.2) is 0 Å². The van der Waals surface area contributed by atoms with E-state index in [0.717, 1.165) is 12.0 Å². The van der Waals surface area contributed by atoms with E-state index >= 15 is 0 Å². The Morgan fingerprint density at radius 3 is 2.29 bits per heavy atom. The van der Waals surface area contributed by atoms with Crippen molar-refractivity contribution in [3.8, 4) is 0 Å². The molecule has 1 aliphatic rings. The highest BCUT2D eigenvalue weighted by Gasteiger charge is 2.17. The molecule has 14 heavy (non-hydrogen) atoms. The molecule has 1 heterocycles. The first-order chi connectivity index (χ1) is 6.74. The monoisotopic (exact) mass is 197 g/mol. The van der Waals surface area contributed by atoms with Crippen molar-refractivity contribution in [1.82, 2.24) is 4.90 Å². The molecule has 1 heteroatoms. The first-order valence-corrected chi connectivity index (χ1v) is 6.48. The van der Waals surface area contributed by atoms with Gasteiger partial charge in [-0.1, -0.05) is 33.1 Å². The summed E-state index contributed by atoms with van der Waals surface area (Å²) in [7, 11) is 0. The van der Waals surface area contributed by atoms with Crippen LogP contribution in [0.1, 0.15) is 59.3 Å². The summed E-state index contributed by atoms with van der Waals surface area (Å²) in [5, 5.41) is 0. The van der Waals surface area contributed by atoms with Gasteiger partial charge in [0.05, 0.1) is 0 Å². The molecular formula is C13H27N. The molecule has 1 aliphatic heterocycles. The number of nitrogens with zero attached hydrogens (tertiary/aromatic N) is 1. The van der Waals surface area contributed by atoms with Gasteiger partial charge in [-0.2, -0.15) is 0 Å². The maximum Gasteiger partial charge on any atom is 0.00669 e. The van der Waals surface area contributed by atoms with E-state index in [1.807, 2.05) is 0 Å². The highest BCUT2D eigenvalue weighted by Crippen LogP contribution is 2.18. The Labute approximate surface area is 89.9 Å². The lowest BCUT2D eigenvalue weighted by Gasteiger charge is -2.24. The van der Waals surface area contributed by atoms with Gasteiger partial charge in [0.25, 0.3) is 0 Å². The summed E-state index contributed by atoms with van der Waals surface area (Å²) in [6, 6.07) is 0.835. The Morgan fingerprint density at radius 1 is 1.07 bits per heavy atom. The first kappa shape index (κ1) is 12.0. The van der Waals surface area contributed by atoms with Crippen molar-refractivity contribution in [3.63, 3.8) is 0 Å². The van der Waals surface area contributed by atoms with Crippen LogP contribution in [0.5, 0.6) is 0 Å². The van der Waals surface area contributed by atoms with Crippen LogP contribution in [-0.4, -0.2) is 24.0 Å². The molecule has 1 rings (SSSR count). The fourth-order valence-electron chi connectivity index (χ4n) is 2.33. The molecule has 2 unspecified atom stereocenters. The van der Waals surface area contributed by atoms with Crippen LogP contribution in [0.4, 0.5) is 0 Å². The summed E-state index contributed by atoms with van der Waals surface area (Å²) in [5.74, 6) is 0.931. The molecular weight excluding hydrogens is 170 g/mol. The van der Waals surface area contributed by atoms with Gasteiger partial charge < -0.3 is 4.90 Å². The van der Waals surface area contributed by atoms with Gasteiger partial charge in [-0.25, -0.2) is 0 Å². The Kier molecular flexibility index (Phi) is 5.54. The third-order valence-corrected chi connectivity index (χ3v) is 3.78. The molecule has 0 radical (unpaired) electrons. The van der Waals surface area contributed by atoms with E-state index in [4.69, 9.17) is 0 Å². The Balaban J connectivity index is 2.05. The molecule has 0 spiro atoms. The minimum atomic E-state index is 0.835. The van der Waals surface area contributed by atoms with Crippen LogP contribution in [0.3, 0.4) is 0 Å². The van der Waals surface area contributed by atoms with Gasteiger partial charge in [0, 0.05) is 6.04 Å². The van der Waals surface area contributed by atoms with Crippen molar-refractivity contribution in [2.75, 3.05) is 13.1 Å². The number of hydrogen-bond acceptors (Lipinski definition) is 1. The SMILES string of the molecule is CCC(C)CCCC(C)N1CCCC1. The van der Waals surface area contributed by atoms with Gasteiger partial charge in [-0.3, -0.25) is 0 Å². The molecule has 0 saturated carbocycles. The third-order valence-electron chi connectivity index (χ3n) is 3.78. The number of rotatable bonds is 6. The van der Waals surface area contributed by atoms with Crippen LogP contribution in [0.25, 0.3) is 0 Å². The van der Waals surface area contributed by atoms with Crippen molar-refractivity contribution >= 4 is 0 Å². The minimum absolute atomic E-state index is 0.835. The molecule has 0 aromatic rings. The average Bonchev–Trinajstić information content (AvgIpc) is 2.70. The molecule has 0 aromatic carbocycles. The highest BCUT2D eigenvalue weighted by molar-refractivity contribution is 4.72. The maximum absolute atomic E-state index is 2.66. The summed E-state index contributed by atoms with van der Waals surface area (Å²) < 4.78 is 0. The van der Waals surface area contributed by atoms with Crippen LogP contribution in [0, 0.1) is 5.92 Å². The van der Waals surface area contributed by atoms with Gasteiger partial charge >= 0.3 is 0 Å². The second-order valence-corrected chi connectivity index (χ2v) is 5.04. The molecule has 0 bridgehead atoms. The van der Waals surface area contributed by atoms with Crippen molar-refractivity contribution < 1.29 is 0 Å². The lowest BCUT2D eigenvalue weighted by atomic mass is 9.99. The first-order valence-electron chi connectivity index (χ1n) is 6.48. The standard InChI is InChI=1S/C13H27N/c1-4-12(2)8-7-9-13(3)14-10-5-6-11-14/h12-13H,4-11H2,1-3H3. The van der Waals surface area contributed by atoms with Crippen LogP contribution in [-0.2, 0) is 0 Å². The van der Waals surface area contributed by atoms with Crippen molar-refractivity contribution in [2.24, 2.45) is 5.92 Å². The smallest absolute Gasteiger partial charge is 0.00669 e. The van der Waals surface area contributed by atoms with E-state index < -0.39 is 0 Å². The van der Waals surface area contributed by atoms with Gasteiger partial charge in [-0.15, -0.1) is 0 Å². The molecule has 1 nitrogen and oxygen atoms in total. The fourth-order valence-corrected chi connectivity index (χ4v) is 2.33. The quantitative estimate of drug-likeness (QED) is 0.628. The Morgan fingerprint density at radius 2 is 1.71 bits per heavy atom. The van der Waals surface area contributed by atoms with Crippen molar-refractivity contribution in [2.45, 2.75) is 65.3 Å². The zero-order valence-electron chi connectivity index (χ0n) is 10.3. The summed E-state index contributed by atoms with van der Waals surface area (Å²) in [6.07, 6.45) is 8.45. The number of hydrogen-bond donors (Lipinski definition) is 0. The van der Waals surface area contributed by atoms with Gasteiger partial charge in [0.15, 0.2) is 0 Å². The van der Waals surface area contributed by atoms with Crippen molar-refractivity contribution in [3.05, 3.63) is 0 Å². The zero-order valence-corrected chi connectivity index (χ0v) is 10.3. The van der Waals surface area contributed by atoms with Crippen LogP contribution in [0.2, 0.25) is 0 Å². The second-order valence-electron chi connectivity index (χ2n) is 5.04. The minimum Gasteiger partial charge on any atom is -0.301 e. The topological polar surface area (TPSA) is 3.24 Å². The van der Waals surface area contributed by atoms with Gasteiger partial charge in [0.1, 0.15) is 0 Å². The highest BCUT2D eigenvalue weighted by atomic mass is 15.2. The largest absolute Gasteiger partial charge is 0.301 e. The summed E-state index contributed by atoms with van der Waals surface area (Å²) in [5.41, 5.74) is 0. The molecule has 84 valence electrons. The zero-order chi connectivity index (χ0) is 10.4. The van der Waals surface area contributed by atoms with E-state index in [9.17, 15) is 0 Å². The van der Waals surface area contributed by atoms with Crippen molar-refractivity contribution in [1.29, 1.82) is 0 Å². The van der Waals surface area contributed by atoms with Crippen LogP contribution < -0.4 is 0 Å². The van der Waals surface area contributed by atoms with E-state index in [-0.39, 0.29) is 0 Å². The summed E-state index contributed by atoms with van der Waals surface area (Å²) >= 11 is 0. The maximum atomic E-state index is 2.66. The van der Waals surface area contributed by atoms with Gasteiger partial charge in [0.2, 0.25) is 0 Å². The summed E-state index contributed by atoms with van der Waals surface area (Å²) in [4.78, 5) is 2.66. The Bertz CT molecular complexity index is 138. The summed E-state index contributed by atoms with van der Waals surface area (Å²) in [6.45, 7) is 9.78. The molecule has 0 N–H and O–H groups in total. The Hall–Kier alpha value is -0.0400. The van der Waals surface area contributed by atoms with Gasteiger partial charge in [-0.05, 0) is 45.2 Å². The number of likely N-dealkylation sites (tertiary alicyclic amines) is 1. The predicted molar refractivity (Wildman–Crippen MR) is 63.6 cm³/mol. The lowest BCUT2D eigenvalue weighted by Crippen LogP contribution is -2.29. The van der Waals surface area contributed by atoms with E-state index in [2.05, 4.69) is 25.7 Å². The molecule has 0 aromatic heterocycles. The molecule has 0 amide bonds. The second kappa shape index (κ2) is 6.44. The molecule has 1 saturated heterocycles. The lowest BCUT2D eigenvalue weighted by molar-refractivity contribution is 0.239.